The van der Waals surface area contributed by atoms with E-state index in [1.165, 1.54) is 23.9 Å². The molecule has 0 fully saturated rings. The van der Waals surface area contributed by atoms with Gasteiger partial charge in [0.05, 0.1) is 22.4 Å². The van der Waals surface area contributed by atoms with Gasteiger partial charge in [0.15, 0.2) is 0 Å². The van der Waals surface area contributed by atoms with Crippen molar-refractivity contribution in [3.05, 3.63) is 112 Å². The number of aromatic nitrogens is 4. The second-order valence-corrected chi connectivity index (χ2v) is 8.99. The molecule has 0 aliphatic carbocycles. The number of thioether (sulfide) groups is 1. The predicted molar refractivity (Wildman–Crippen MR) is 136 cm³/mol. The number of rotatable bonds is 7. The predicted octanol–water partition coefficient (Wildman–Crippen LogP) is 4.80. The van der Waals surface area contributed by atoms with Gasteiger partial charge in [-0.2, -0.15) is 4.98 Å². The van der Waals surface area contributed by atoms with Gasteiger partial charge in [-0.05, 0) is 42.3 Å². The van der Waals surface area contributed by atoms with Crippen LogP contribution in [-0.4, -0.2) is 30.6 Å². The van der Waals surface area contributed by atoms with Crippen LogP contribution < -0.4 is 10.6 Å². The van der Waals surface area contributed by atoms with Crippen LogP contribution in [0.4, 0.5) is 17.3 Å². The van der Waals surface area contributed by atoms with Gasteiger partial charge in [-0.1, -0.05) is 42.1 Å². The monoisotopic (exact) mass is 499 g/mol. The molecule has 2 N–H and O–H groups in total. The Labute approximate surface area is 210 Å². The number of amides is 1. The molecular formula is C25H21N7O3S. The maximum absolute atomic E-state index is 13.5. The molecule has 0 bridgehead atoms. The Morgan fingerprint density at radius 3 is 2.61 bits per heavy atom. The number of hydrogen-bond donors (Lipinski definition) is 2. The Morgan fingerprint density at radius 2 is 1.92 bits per heavy atom. The van der Waals surface area contributed by atoms with E-state index in [-0.39, 0.29) is 11.6 Å². The minimum atomic E-state index is -0.641. The number of nitro benzene ring substituents is 1. The van der Waals surface area contributed by atoms with Crippen molar-refractivity contribution in [3.63, 3.8) is 0 Å². The number of pyridine rings is 1. The third-order valence-corrected chi connectivity index (χ3v) is 6.54. The fourth-order valence-electron chi connectivity index (χ4n) is 3.93. The van der Waals surface area contributed by atoms with Gasteiger partial charge in [0.2, 0.25) is 11.1 Å². The summed E-state index contributed by atoms with van der Waals surface area (Å²) in [6.07, 6.45) is 3.18. The molecule has 0 radical (unpaired) electrons. The third kappa shape index (κ3) is 4.82. The van der Waals surface area contributed by atoms with Crippen molar-refractivity contribution < 1.29 is 9.72 Å². The first-order valence-electron chi connectivity index (χ1n) is 11.1. The normalized spacial score (nSPS) is 14.6. The van der Waals surface area contributed by atoms with Gasteiger partial charge in [-0.3, -0.25) is 19.9 Å². The molecule has 0 saturated heterocycles. The smallest absolute Gasteiger partial charge is 0.269 e. The first-order valence-corrected chi connectivity index (χ1v) is 12.0. The zero-order valence-corrected chi connectivity index (χ0v) is 20.0. The minimum Gasteiger partial charge on any atom is -0.328 e. The van der Waals surface area contributed by atoms with E-state index < -0.39 is 11.0 Å². The molecule has 180 valence electrons. The van der Waals surface area contributed by atoms with E-state index in [4.69, 9.17) is 5.10 Å². The molecule has 1 amide bonds. The molecule has 10 nitrogen and oxygen atoms in total. The number of nitro groups is 1. The summed E-state index contributed by atoms with van der Waals surface area (Å²) in [5.41, 5.74) is 3.36. The molecule has 1 aliphatic rings. The van der Waals surface area contributed by atoms with Gasteiger partial charge in [0.25, 0.3) is 11.6 Å². The van der Waals surface area contributed by atoms with Crippen molar-refractivity contribution >= 4 is 35.0 Å². The lowest BCUT2D eigenvalue weighted by Gasteiger charge is -2.28. The van der Waals surface area contributed by atoms with Crippen LogP contribution in [0.3, 0.4) is 0 Å². The number of benzene rings is 2. The van der Waals surface area contributed by atoms with Crippen molar-refractivity contribution in [3.8, 4) is 0 Å². The molecule has 1 atom stereocenters. The van der Waals surface area contributed by atoms with Crippen LogP contribution in [-0.2, 0) is 10.5 Å². The standard InChI is InChI=1S/C25H21N7O3S/c1-16-21(23(33)28-19-8-5-13-26-14-19)22(18-9-11-20(12-10-18)32(34)35)31-24(27-16)29-25(30-31)36-15-17-6-3-2-4-7-17/h2-14,22H,15H2,1H3,(H,28,33)(H,27,29,30). The Kier molecular flexibility index (Phi) is 6.46. The lowest BCUT2D eigenvalue weighted by atomic mass is 9.95. The highest BCUT2D eigenvalue weighted by Gasteiger charge is 2.34. The zero-order valence-electron chi connectivity index (χ0n) is 19.2. The number of anilines is 2. The molecule has 2 aromatic heterocycles. The summed E-state index contributed by atoms with van der Waals surface area (Å²) in [6, 6.07) is 19.0. The van der Waals surface area contributed by atoms with E-state index in [0.29, 0.717) is 39.4 Å². The second-order valence-electron chi connectivity index (χ2n) is 8.05. The van der Waals surface area contributed by atoms with Crippen molar-refractivity contribution in [1.82, 2.24) is 19.7 Å². The quantitative estimate of drug-likeness (QED) is 0.211. The number of nitrogens with zero attached hydrogens (tertiary/aromatic N) is 5. The maximum Gasteiger partial charge on any atom is 0.269 e. The van der Waals surface area contributed by atoms with Gasteiger partial charge in [0, 0.05) is 29.8 Å². The Hall–Kier alpha value is -4.51. The summed E-state index contributed by atoms with van der Waals surface area (Å²) in [6.45, 7) is 1.80. The van der Waals surface area contributed by atoms with Crippen molar-refractivity contribution in [1.29, 1.82) is 0 Å². The highest BCUT2D eigenvalue weighted by Crippen LogP contribution is 2.37. The maximum atomic E-state index is 13.5. The van der Waals surface area contributed by atoms with Crippen LogP contribution in [0.15, 0.2) is 95.6 Å². The minimum absolute atomic E-state index is 0.0346. The zero-order chi connectivity index (χ0) is 25.1. The second kappa shape index (κ2) is 10.0. The number of nitrogens with one attached hydrogen (secondary N) is 2. The highest BCUT2D eigenvalue weighted by atomic mass is 32.2. The van der Waals surface area contributed by atoms with Crippen LogP contribution in [0, 0.1) is 10.1 Å². The Balaban J connectivity index is 1.51. The molecule has 11 heteroatoms. The van der Waals surface area contributed by atoms with Crippen LogP contribution in [0.2, 0.25) is 0 Å². The molecule has 1 aliphatic heterocycles. The fourth-order valence-corrected chi connectivity index (χ4v) is 4.72. The summed E-state index contributed by atoms with van der Waals surface area (Å²) in [5.74, 6) is 0.841. The fraction of sp³-hybridized carbons (Fsp3) is 0.120. The van der Waals surface area contributed by atoms with E-state index >= 15 is 0 Å². The van der Waals surface area contributed by atoms with Crippen LogP contribution in [0.1, 0.15) is 24.1 Å². The summed E-state index contributed by atoms with van der Waals surface area (Å²) in [5, 5.41) is 22.5. The van der Waals surface area contributed by atoms with E-state index in [2.05, 4.69) is 20.6 Å². The van der Waals surface area contributed by atoms with Gasteiger partial charge < -0.3 is 10.6 Å². The van der Waals surface area contributed by atoms with Crippen molar-refractivity contribution in [2.24, 2.45) is 0 Å². The van der Waals surface area contributed by atoms with Crippen LogP contribution >= 0.6 is 11.8 Å². The Bertz CT molecular complexity index is 1440. The molecule has 5 rings (SSSR count). The molecule has 0 spiro atoms. The van der Waals surface area contributed by atoms with Crippen LogP contribution in [0.5, 0.6) is 0 Å². The number of fused-ring (bicyclic) bond motifs is 1. The molecule has 36 heavy (non-hydrogen) atoms. The van der Waals surface area contributed by atoms with Gasteiger partial charge in [0.1, 0.15) is 6.04 Å². The van der Waals surface area contributed by atoms with E-state index in [0.717, 1.165) is 5.56 Å². The number of hydrogen-bond acceptors (Lipinski definition) is 8. The lowest BCUT2D eigenvalue weighted by Crippen LogP contribution is -2.31. The van der Waals surface area contributed by atoms with E-state index in [1.807, 2.05) is 30.3 Å². The number of carbonyl (C=O) groups is 1. The number of allylic oxidation sites excluding steroid dienone is 1. The summed E-state index contributed by atoms with van der Waals surface area (Å²) < 4.78 is 1.65. The summed E-state index contributed by atoms with van der Waals surface area (Å²) in [4.78, 5) is 32.9. The molecule has 0 saturated carbocycles. The molecule has 2 aromatic carbocycles. The average molecular weight is 500 g/mol. The average Bonchev–Trinajstić information content (AvgIpc) is 3.30. The van der Waals surface area contributed by atoms with Gasteiger partial charge in [-0.15, -0.1) is 5.10 Å². The highest BCUT2D eigenvalue weighted by molar-refractivity contribution is 7.98. The Morgan fingerprint density at radius 1 is 1.14 bits per heavy atom. The van der Waals surface area contributed by atoms with E-state index in [9.17, 15) is 14.9 Å². The topological polar surface area (TPSA) is 128 Å². The van der Waals surface area contributed by atoms with Gasteiger partial charge in [-0.25, -0.2) is 4.68 Å². The SMILES string of the molecule is CC1=C(C(=O)Nc2cccnc2)C(c2ccc([N+](=O)[O-])cc2)n2nc(SCc3ccccc3)nc2N1. The number of carbonyl (C=O) groups excluding carboxylic acids is 1. The van der Waals surface area contributed by atoms with Crippen molar-refractivity contribution in [2.45, 2.75) is 23.9 Å². The largest absolute Gasteiger partial charge is 0.328 e. The molecule has 1 unspecified atom stereocenters. The lowest BCUT2D eigenvalue weighted by molar-refractivity contribution is -0.384. The van der Waals surface area contributed by atoms with E-state index in [1.54, 1.807) is 48.3 Å². The van der Waals surface area contributed by atoms with Crippen molar-refractivity contribution in [2.75, 3.05) is 10.6 Å². The first-order chi connectivity index (χ1) is 17.5. The summed E-state index contributed by atoms with van der Waals surface area (Å²) in [7, 11) is 0. The first kappa shape index (κ1) is 23.2. The third-order valence-electron chi connectivity index (χ3n) is 5.63. The number of non-ortho nitro benzene ring substituents is 1. The summed E-state index contributed by atoms with van der Waals surface area (Å²) >= 11 is 1.48. The van der Waals surface area contributed by atoms with Crippen LogP contribution in [0.25, 0.3) is 0 Å². The molecular weight excluding hydrogens is 478 g/mol. The molecule has 4 aromatic rings. The molecule has 3 heterocycles. The van der Waals surface area contributed by atoms with Gasteiger partial charge >= 0.3 is 0 Å².